The Hall–Kier alpha value is -3.65. The fraction of sp³-hybridized carbons (Fsp3) is 0.136. The first kappa shape index (κ1) is 19.7. The van der Waals surface area contributed by atoms with Crippen LogP contribution in [0.2, 0.25) is 0 Å². The third-order valence-electron chi connectivity index (χ3n) is 4.58. The van der Waals surface area contributed by atoms with Gasteiger partial charge in [-0.1, -0.05) is 48.5 Å². The summed E-state index contributed by atoms with van der Waals surface area (Å²) in [6.07, 6.45) is 3.11. The Morgan fingerprint density at radius 2 is 1.90 bits per heavy atom. The standard InChI is InChI=1S/C22H20N4O3S/c27-20(26-21-23-10-11-30-21)19(12-16-13-24-18-9-5-4-8-17(16)18)25-22(28)29-14-15-6-2-1-3-7-15/h1-11,13,19,24H,12,14H2,(H,25,28)(H,23,26,27). The molecule has 0 spiro atoms. The minimum Gasteiger partial charge on any atom is -0.445 e. The topological polar surface area (TPSA) is 96.1 Å². The van der Waals surface area contributed by atoms with Gasteiger partial charge in [0, 0.05) is 35.1 Å². The Morgan fingerprint density at radius 1 is 1.10 bits per heavy atom. The SMILES string of the molecule is O=C(NC(Cc1c[nH]c2ccccc12)C(=O)Nc1nccs1)OCc1ccccc1. The molecule has 0 saturated carbocycles. The molecule has 30 heavy (non-hydrogen) atoms. The highest BCUT2D eigenvalue weighted by molar-refractivity contribution is 7.13. The number of anilines is 1. The van der Waals surface area contributed by atoms with Crippen molar-refractivity contribution in [3.8, 4) is 0 Å². The summed E-state index contributed by atoms with van der Waals surface area (Å²) in [5.41, 5.74) is 2.76. The molecule has 0 bridgehead atoms. The smallest absolute Gasteiger partial charge is 0.408 e. The predicted molar refractivity (Wildman–Crippen MR) is 116 cm³/mol. The van der Waals surface area contributed by atoms with E-state index >= 15 is 0 Å². The summed E-state index contributed by atoms with van der Waals surface area (Å²) in [4.78, 5) is 32.5. The highest BCUT2D eigenvalue weighted by atomic mass is 32.1. The number of hydrogen-bond donors (Lipinski definition) is 3. The number of benzene rings is 2. The molecule has 2 aromatic carbocycles. The molecule has 4 rings (SSSR count). The van der Waals surface area contributed by atoms with Crippen LogP contribution in [0, 0.1) is 0 Å². The van der Waals surface area contributed by atoms with Crippen molar-refractivity contribution in [1.82, 2.24) is 15.3 Å². The normalized spacial score (nSPS) is 11.7. The quantitative estimate of drug-likeness (QED) is 0.419. The van der Waals surface area contributed by atoms with Gasteiger partial charge in [0.15, 0.2) is 5.13 Å². The number of fused-ring (bicyclic) bond motifs is 1. The maximum atomic E-state index is 12.9. The summed E-state index contributed by atoms with van der Waals surface area (Å²) in [5, 5.41) is 8.69. The molecule has 1 atom stereocenters. The minimum absolute atomic E-state index is 0.126. The van der Waals surface area contributed by atoms with Gasteiger partial charge in [0.25, 0.3) is 0 Å². The number of para-hydroxylation sites is 1. The van der Waals surface area contributed by atoms with E-state index in [1.165, 1.54) is 11.3 Å². The number of rotatable bonds is 7. The molecular formula is C22H20N4O3S. The highest BCUT2D eigenvalue weighted by Gasteiger charge is 2.24. The Balaban J connectivity index is 1.47. The van der Waals surface area contributed by atoms with Crippen molar-refractivity contribution in [2.24, 2.45) is 0 Å². The molecule has 2 amide bonds. The molecule has 0 radical (unpaired) electrons. The van der Waals surface area contributed by atoms with E-state index in [1.54, 1.807) is 11.6 Å². The van der Waals surface area contributed by atoms with Crippen LogP contribution in [0.15, 0.2) is 72.4 Å². The number of amides is 2. The lowest BCUT2D eigenvalue weighted by Crippen LogP contribution is -2.45. The maximum absolute atomic E-state index is 12.9. The molecule has 8 heteroatoms. The van der Waals surface area contributed by atoms with Crippen molar-refractivity contribution in [2.45, 2.75) is 19.1 Å². The Kier molecular flexibility index (Phi) is 6.05. The predicted octanol–water partition coefficient (Wildman–Crippen LogP) is 4.10. The number of aromatic nitrogens is 2. The van der Waals surface area contributed by atoms with Gasteiger partial charge in [-0.05, 0) is 17.2 Å². The van der Waals surface area contributed by atoms with E-state index in [9.17, 15) is 9.59 Å². The van der Waals surface area contributed by atoms with Gasteiger partial charge in [-0.15, -0.1) is 11.3 Å². The van der Waals surface area contributed by atoms with Crippen LogP contribution in [0.3, 0.4) is 0 Å². The zero-order valence-electron chi connectivity index (χ0n) is 16.0. The summed E-state index contributed by atoms with van der Waals surface area (Å²) in [5.74, 6) is -0.355. The van der Waals surface area contributed by atoms with Crippen LogP contribution in [-0.4, -0.2) is 28.0 Å². The first-order valence-electron chi connectivity index (χ1n) is 9.41. The Labute approximate surface area is 177 Å². The summed E-state index contributed by atoms with van der Waals surface area (Å²) in [7, 11) is 0. The number of carbonyl (C=O) groups is 2. The van der Waals surface area contributed by atoms with E-state index in [-0.39, 0.29) is 12.5 Å². The van der Waals surface area contributed by atoms with Gasteiger partial charge in [-0.25, -0.2) is 9.78 Å². The molecule has 0 aliphatic rings. The van der Waals surface area contributed by atoms with Crippen molar-refractivity contribution < 1.29 is 14.3 Å². The van der Waals surface area contributed by atoms with Gasteiger partial charge in [0.2, 0.25) is 5.91 Å². The van der Waals surface area contributed by atoms with Gasteiger partial charge < -0.3 is 20.4 Å². The molecule has 0 fully saturated rings. The van der Waals surface area contributed by atoms with Crippen molar-refractivity contribution in [3.05, 3.63) is 83.5 Å². The van der Waals surface area contributed by atoms with Crippen LogP contribution in [0.5, 0.6) is 0 Å². The van der Waals surface area contributed by atoms with Crippen molar-refractivity contribution in [1.29, 1.82) is 0 Å². The van der Waals surface area contributed by atoms with Gasteiger partial charge >= 0.3 is 6.09 Å². The van der Waals surface area contributed by atoms with E-state index in [4.69, 9.17) is 4.74 Å². The zero-order chi connectivity index (χ0) is 20.8. The molecule has 152 valence electrons. The first-order valence-corrected chi connectivity index (χ1v) is 10.3. The Morgan fingerprint density at radius 3 is 2.70 bits per heavy atom. The number of H-pyrrole nitrogens is 1. The number of aromatic amines is 1. The second-order valence-electron chi connectivity index (χ2n) is 6.65. The molecule has 2 heterocycles. The monoisotopic (exact) mass is 420 g/mol. The van der Waals surface area contributed by atoms with Gasteiger partial charge in [0.05, 0.1) is 0 Å². The summed E-state index contributed by atoms with van der Waals surface area (Å²) in [6, 6.07) is 16.4. The zero-order valence-corrected chi connectivity index (χ0v) is 16.8. The van der Waals surface area contributed by atoms with Crippen molar-refractivity contribution in [2.75, 3.05) is 5.32 Å². The molecule has 1 unspecified atom stereocenters. The van der Waals surface area contributed by atoms with E-state index < -0.39 is 12.1 Å². The number of nitrogens with one attached hydrogen (secondary N) is 3. The average Bonchev–Trinajstić information content (AvgIpc) is 3.43. The average molecular weight is 420 g/mol. The fourth-order valence-corrected chi connectivity index (χ4v) is 3.65. The van der Waals surface area contributed by atoms with Crippen LogP contribution in [0.25, 0.3) is 10.9 Å². The molecule has 3 N–H and O–H groups in total. The summed E-state index contributed by atoms with van der Waals surface area (Å²) < 4.78 is 5.30. The molecule has 2 aromatic heterocycles. The van der Waals surface area contributed by atoms with E-state index in [2.05, 4.69) is 20.6 Å². The number of hydrogen-bond acceptors (Lipinski definition) is 5. The molecule has 0 aliphatic carbocycles. The van der Waals surface area contributed by atoms with Crippen LogP contribution in [0.4, 0.5) is 9.93 Å². The third kappa shape index (κ3) is 4.84. The van der Waals surface area contributed by atoms with E-state index in [0.29, 0.717) is 11.6 Å². The van der Waals surface area contributed by atoms with Crippen LogP contribution in [-0.2, 0) is 22.6 Å². The van der Waals surface area contributed by atoms with Gasteiger partial charge in [-0.3, -0.25) is 4.79 Å². The second-order valence-corrected chi connectivity index (χ2v) is 7.54. The number of ether oxygens (including phenoxy) is 1. The van der Waals surface area contributed by atoms with E-state index in [0.717, 1.165) is 22.0 Å². The highest BCUT2D eigenvalue weighted by Crippen LogP contribution is 2.20. The van der Waals surface area contributed by atoms with Gasteiger partial charge in [0.1, 0.15) is 12.6 Å². The summed E-state index contributed by atoms with van der Waals surface area (Å²) in [6.45, 7) is 0.126. The first-order chi connectivity index (χ1) is 14.7. The second kappa shape index (κ2) is 9.23. The van der Waals surface area contributed by atoms with E-state index in [1.807, 2.05) is 60.8 Å². The lowest BCUT2D eigenvalue weighted by molar-refractivity contribution is -0.118. The number of nitrogens with zero attached hydrogens (tertiary/aromatic N) is 1. The van der Waals surface area contributed by atoms with Crippen molar-refractivity contribution in [3.63, 3.8) is 0 Å². The molecular weight excluding hydrogens is 400 g/mol. The fourth-order valence-electron chi connectivity index (χ4n) is 3.11. The lowest BCUT2D eigenvalue weighted by Gasteiger charge is -2.17. The number of alkyl carbamates (subject to hydrolysis) is 1. The van der Waals surface area contributed by atoms with Crippen LogP contribution in [0.1, 0.15) is 11.1 Å². The number of carbonyl (C=O) groups excluding carboxylic acids is 2. The maximum Gasteiger partial charge on any atom is 0.408 e. The lowest BCUT2D eigenvalue weighted by atomic mass is 10.0. The molecule has 0 aliphatic heterocycles. The minimum atomic E-state index is -0.823. The molecule has 0 saturated heterocycles. The van der Waals surface area contributed by atoms with Crippen molar-refractivity contribution >= 4 is 39.4 Å². The van der Waals surface area contributed by atoms with Crippen LogP contribution >= 0.6 is 11.3 Å². The summed E-state index contributed by atoms with van der Waals surface area (Å²) >= 11 is 1.31. The molecule has 4 aromatic rings. The number of thiazole rings is 1. The Bertz CT molecular complexity index is 1130. The largest absolute Gasteiger partial charge is 0.445 e. The molecule has 7 nitrogen and oxygen atoms in total. The third-order valence-corrected chi connectivity index (χ3v) is 5.27. The van der Waals surface area contributed by atoms with Gasteiger partial charge in [-0.2, -0.15) is 0 Å². The van der Waals surface area contributed by atoms with Crippen LogP contribution < -0.4 is 10.6 Å².